The highest BCUT2D eigenvalue weighted by Crippen LogP contribution is 2.30. The van der Waals surface area contributed by atoms with E-state index < -0.39 is 0 Å². The monoisotopic (exact) mass is 303 g/mol. The van der Waals surface area contributed by atoms with Gasteiger partial charge in [-0.25, -0.2) is 0 Å². The Bertz CT molecular complexity index is 580. The maximum atomic E-state index is 6.43. The summed E-state index contributed by atoms with van der Waals surface area (Å²) < 4.78 is 5.50. The highest BCUT2D eigenvalue weighted by atomic mass is 35.5. The molecule has 2 nitrogen and oxygen atoms in total. The van der Waals surface area contributed by atoms with Crippen LogP contribution in [0.2, 0.25) is 5.02 Å². The van der Waals surface area contributed by atoms with Crippen molar-refractivity contribution < 1.29 is 4.74 Å². The molecule has 2 aromatic carbocycles. The molecule has 3 heteroatoms. The summed E-state index contributed by atoms with van der Waals surface area (Å²) in [4.78, 5) is 0. The second kappa shape index (κ2) is 7.48. The highest BCUT2D eigenvalue weighted by Gasteiger charge is 2.16. The highest BCUT2D eigenvalue weighted by molar-refractivity contribution is 6.31. The molecule has 0 radical (unpaired) electrons. The minimum atomic E-state index is 0.0961. The van der Waals surface area contributed by atoms with Crippen molar-refractivity contribution in [3.8, 4) is 5.75 Å². The van der Waals surface area contributed by atoms with E-state index in [9.17, 15) is 0 Å². The number of hydrogen-bond acceptors (Lipinski definition) is 2. The summed E-state index contributed by atoms with van der Waals surface area (Å²) >= 11 is 6.43. The first-order valence-electron chi connectivity index (χ1n) is 7.37. The second-order valence-corrected chi connectivity index (χ2v) is 5.42. The fourth-order valence-electron chi connectivity index (χ4n) is 2.40. The molecular formula is C18H22ClNO. The number of ether oxygens (including phenoxy) is 1. The summed E-state index contributed by atoms with van der Waals surface area (Å²) in [5.41, 5.74) is 3.46. The smallest absolute Gasteiger partial charge is 0.119 e. The van der Waals surface area contributed by atoms with Gasteiger partial charge in [-0.3, -0.25) is 0 Å². The number of hydrogen-bond donors (Lipinski definition) is 1. The Morgan fingerprint density at radius 3 is 2.38 bits per heavy atom. The molecule has 0 amide bonds. The van der Waals surface area contributed by atoms with Crippen LogP contribution in [0.15, 0.2) is 42.5 Å². The predicted octanol–water partition coefficient (Wildman–Crippen LogP) is 4.75. The van der Waals surface area contributed by atoms with Gasteiger partial charge >= 0.3 is 0 Å². The van der Waals surface area contributed by atoms with Crippen molar-refractivity contribution >= 4 is 11.6 Å². The number of rotatable bonds is 6. The van der Waals surface area contributed by atoms with Crippen LogP contribution < -0.4 is 10.1 Å². The Morgan fingerprint density at radius 2 is 1.81 bits per heavy atom. The standard InChI is InChI=1S/C18H22ClNO/c1-4-20-18(16-11-6-13(3)12-17(16)19)14-7-9-15(10-8-14)21-5-2/h6-12,18,20H,4-5H2,1-3H3. The van der Waals surface area contributed by atoms with Crippen molar-refractivity contribution in [2.75, 3.05) is 13.2 Å². The minimum Gasteiger partial charge on any atom is -0.494 e. The first-order valence-corrected chi connectivity index (χ1v) is 7.75. The lowest BCUT2D eigenvalue weighted by atomic mass is 9.97. The zero-order valence-corrected chi connectivity index (χ0v) is 13.6. The van der Waals surface area contributed by atoms with Gasteiger partial charge in [0.1, 0.15) is 5.75 Å². The lowest BCUT2D eigenvalue weighted by molar-refractivity contribution is 0.340. The van der Waals surface area contributed by atoms with Crippen LogP contribution in [0.1, 0.15) is 36.6 Å². The predicted molar refractivity (Wildman–Crippen MR) is 89.3 cm³/mol. The van der Waals surface area contributed by atoms with Gasteiger partial charge in [-0.2, -0.15) is 0 Å². The molecule has 1 N–H and O–H groups in total. The van der Waals surface area contributed by atoms with Gasteiger partial charge in [0.15, 0.2) is 0 Å². The topological polar surface area (TPSA) is 21.3 Å². The molecule has 0 bridgehead atoms. The molecule has 0 heterocycles. The van der Waals surface area contributed by atoms with E-state index in [2.05, 4.69) is 43.4 Å². The zero-order valence-electron chi connectivity index (χ0n) is 12.8. The van der Waals surface area contributed by atoms with Crippen LogP contribution in [0.5, 0.6) is 5.75 Å². The molecule has 112 valence electrons. The van der Waals surface area contributed by atoms with E-state index in [0.29, 0.717) is 6.61 Å². The Kier molecular flexibility index (Phi) is 5.66. The molecule has 0 saturated carbocycles. The molecule has 21 heavy (non-hydrogen) atoms. The van der Waals surface area contributed by atoms with Gasteiger partial charge in [-0.15, -0.1) is 0 Å². The summed E-state index contributed by atoms with van der Waals surface area (Å²) in [6.45, 7) is 7.70. The zero-order chi connectivity index (χ0) is 15.2. The van der Waals surface area contributed by atoms with Gasteiger partial charge in [-0.05, 0) is 55.3 Å². The molecule has 0 aliphatic heterocycles. The largest absolute Gasteiger partial charge is 0.494 e. The van der Waals surface area contributed by atoms with Gasteiger partial charge in [0.05, 0.1) is 12.6 Å². The normalized spacial score (nSPS) is 12.2. The summed E-state index contributed by atoms with van der Waals surface area (Å²) in [7, 11) is 0. The first kappa shape index (κ1) is 15.9. The van der Waals surface area contributed by atoms with E-state index in [0.717, 1.165) is 22.9 Å². The van der Waals surface area contributed by atoms with E-state index in [1.165, 1.54) is 11.1 Å². The molecule has 1 atom stereocenters. The van der Waals surface area contributed by atoms with Crippen molar-refractivity contribution in [3.05, 3.63) is 64.2 Å². The Labute approximate surface area is 132 Å². The average molecular weight is 304 g/mol. The summed E-state index contributed by atoms with van der Waals surface area (Å²) in [5, 5.41) is 4.30. The Morgan fingerprint density at radius 1 is 1.10 bits per heavy atom. The molecule has 2 aromatic rings. The van der Waals surface area contributed by atoms with Crippen molar-refractivity contribution in [1.29, 1.82) is 0 Å². The quantitative estimate of drug-likeness (QED) is 0.832. The Balaban J connectivity index is 2.33. The molecule has 0 aromatic heterocycles. The van der Waals surface area contributed by atoms with Crippen LogP contribution in [0, 0.1) is 6.92 Å². The van der Waals surface area contributed by atoms with Crippen LogP contribution in [0.3, 0.4) is 0 Å². The van der Waals surface area contributed by atoms with Crippen molar-refractivity contribution in [1.82, 2.24) is 5.32 Å². The van der Waals surface area contributed by atoms with Crippen LogP contribution in [0.25, 0.3) is 0 Å². The number of benzene rings is 2. The average Bonchev–Trinajstić information content (AvgIpc) is 2.47. The number of aryl methyl sites for hydroxylation is 1. The summed E-state index contributed by atoms with van der Waals surface area (Å²) in [6, 6.07) is 14.5. The van der Waals surface area contributed by atoms with E-state index in [4.69, 9.17) is 16.3 Å². The van der Waals surface area contributed by atoms with E-state index >= 15 is 0 Å². The lowest BCUT2D eigenvalue weighted by Gasteiger charge is -2.21. The maximum Gasteiger partial charge on any atom is 0.119 e. The summed E-state index contributed by atoms with van der Waals surface area (Å²) in [5.74, 6) is 0.895. The van der Waals surface area contributed by atoms with E-state index in [1.807, 2.05) is 25.1 Å². The fourth-order valence-corrected chi connectivity index (χ4v) is 2.75. The second-order valence-electron chi connectivity index (χ2n) is 5.02. The molecule has 0 aliphatic rings. The minimum absolute atomic E-state index is 0.0961. The molecule has 2 rings (SSSR count). The number of nitrogens with one attached hydrogen (secondary N) is 1. The third-order valence-electron chi connectivity index (χ3n) is 3.40. The van der Waals surface area contributed by atoms with Gasteiger partial charge in [0, 0.05) is 5.02 Å². The van der Waals surface area contributed by atoms with Gasteiger partial charge in [0.2, 0.25) is 0 Å². The summed E-state index contributed by atoms with van der Waals surface area (Å²) in [6.07, 6.45) is 0. The molecule has 0 saturated heterocycles. The van der Waals surface area contributed by atoms with Crippen LogP contribution in [-0.2, 0) is 0 Å². The van der Waals surface area contributed by atoms with Crippen molar-refractivity contribution in [2.24, 2.45) is 0 Å². The maximum absolute atomic E-state index is 6.43. The van der Waals surface area contributed by atoms with Crippen LogP contribution in [-0.4, -0.2) is 13.2 Å². The third kappa shape index (κ3) is 3.99. The van der Waals surface area contributed by atoms with Crippen molar-refractivity contribution in [2.45, 2.75) is 26.8 Å². The molecule has 0 spiro atoms. The van der Waals surface area contributed by atoms with E-state index in [-0.39, 0.29) is 6.04 Å². The lowest BCUT2D eigenvalue weighted by Crippen LogP contribution is -2.22. The molecule has 1 unspecified atom stereocenters. The number of halogens is 1. The Hall–Kier alpha value is -1.51. The van der Waals surface area contributed by atoms with Gasteiger partial charge in [-0.1, -0.05) is 42.8 Å². The molecule has 0 aliphatic carbocycles. The molecule has 0 fully saturated rings. The van der Waals surface area contributed by atoms with Crippen LogP contribution >= 0.6 is 11.6 Å². The van der Waals surface area contributed by atoms with E-state index in [1.54, 1.807) is 0 Å². The van der Waals surface area contributed by atoms with Gasteiger partial charge in [0.25, 0.3) is 0 Å². The fraction of sp³-hybridized carbons (Fsp3) is 0.333. The van der Waals surface area contributed by atoms with Crippen LogP contribution in [0.4, 0.5) is 0 Å². The van der Waals surface area contributed by atoms with Gasteiger partial charge < -0.3 is 10.1 Å². The SMILES string of the molecule is CCNC(c1ccc(OCC)cc1)c1ccc(C)cc1Cl. The van der Waals surface area contributed by atoms with Crippen molar-refractivity contribution in [3.63, 3.8) is 0 Å². The first-order chi connectivity index (χ1) is 10.2. The molecular weight excluding hydrogens is 282 g/mol. The third-order valence-corrected chi connectivity index (χ3v) is 3.73.